The molecule has 162 valence electrons. The van der Waals surface area contributed by atoms with Gasteiger partial charge in [0.1, 0.15) is 12.2 Å². The van der Waals surface area contributed by atoms with Crippen LogP contribution in [0.1, 0.15) is 86.0 Å². The van der Waals surface area contributed by atoms with E-state index in [9.17, 15) is 9.59 Å². The van der Waals surface area contributed by atoms with Crippen molar-refractivity contribution in [3.8, 4) is 0 Å². The molecule has 4 aliphatic carbocycles. The van der Waals surface area contributed by atoms with Gasteiger partial charge in [0.05, 0.1) is 0 Å². The Bertz CT molecular complexity index is 712. The van der Waals surface area contributed by atoms with Gasteiger partial charge >= 0.3 is 11.9 Å². The van der Waals surface area contributed by atoms with Crippen LogP contribution in [0.3, 0.4) is 0 Å². The fourth-order valence-corrected chi connectivity index (χ4v) is 7.98. The molecule has 0 N–H and O–H groups in total. The van der Waals surface area contributed by atoms with Gasteiger partial charge in [-0.05, 0) is 86.9 Å². The van der Waals surface area contributed by atoms with Gasteiger partial charge in [0, 0.05) is 19.8 Å². The second-order valence-electron chi connectivity index (χ2n) is 10.8. The van der Waals surface area contributed by atoms with Gasteiger partial charge < -0.3 is 9.47 Å². The van der Waals surface area contributed by atoms with E-state index in [-0.39, 0.29) is 29.6 Å². The van der Waals surface area contributed by atoms with Gasteiger partial charge in [-0.25, -0.2) is 0 Å². The maximum absolute atomic E-state index is 11.5. The first-order chi connectivity index (χ1) is 13.6. The van der Waals surface area contributed by atoms with Gasteiger partial charge in [0.15, 0.2) is 0 Å². The number of esters is 2. The van der Waals surface area contributed by atoms with Crippen molar-refractivity contribution in [3.63, 3.8) is 0 Å². The SMILES string of the molecule is CC(=O)OC1CCC2(C)C(CCC3C4=CCC(C(C)OC(C)=O)C4(C)CCC32)C1. The molecule has 3 saturated carbocycles. The Kier molecular flexibility index (Phi) is 5.36. The van der Waals surface area contributed by atoms with Crippen LogP contribution in [-0.4, -0.2) is 24.1 Å². The van der Waals surface area contributed by atoms with Crippen molar-refractivity contribution in [3.05, 3.63) is 11.6 Å². The van der Waals surface area contributed by atoms with Gasteiger partial charge in [-0.3, -0.25) is 9.59 Å². The summed E-state index contributed by atoms with van der Waals surface area (Å²) in [4.78, 5) is 23.0. The normalized spacial score (nSPS) is 44.6. The Balaban J connectivity index is 1.51. The maximum atomic E-state index is 11.5. The minimum atomic E-state index is -0.166. The summed E-state index contributed by atoms with van der Waals surface area (Å²) in [7, 11) is 0. The molecule has 4 aliphatic rings. The van der Waals surface area contributed by atoms with Crippen LogP contribution in [0, 0.1) is 34.5 Å². The number of carbonyl (C=O) groups excluding carboxylic acids is 2. The molecule has 0 saturated heterocycles. The van der Waals surface area contributed by atoms with Gasteiger partial charge in [-0.2, -0.15) is 0 Å². The predicted molar refractivity (Wildman–Crippen MR) is 112 cm³/mol. The van der Waals surface area contributed by atoms with Crippen LogP contribution in [0.2, 0.25) is 0 Å². The second kappa shape index (κ2) is 7.42. The highest BCUT2D eigenvalue weighted by Gasteiger charge is 2.58. The quantitative estimate of drug-likeness (QED) is 0.465. The Morgan fingerprint density at radius 2 is 1.83 bits per heavy atom. The van der Waals surface area contributed by atoms with Crippen molar-refractivity contribution >= 4 is 11.9 Å². The molecule has 0 amide bonds. The van der Waals surface area contributed by atoms with Crippen LogP contribution in [0.25, 0.3) is 0 Å². The van der Waals surface area contributed by atoms with E-state index in [1.54, 1.807) is 5.57 Å². The average molecular weight is 403 g/mol. The molecule has 0 spiro atoms. The molecule has 0 heterocycles. The lowest BCUT2D eigenvalue weighted by Crippen LogP contribution is -2.52. The lowest BCUT2D eigenvalue weighted by Gasteiger charge is -2.59. The van der Waals surface area contributed by atoms with Gasteiger partial charge in [-0.15, -0.1) is 0 Å². The highest BCUT2D eigenvalue weighted by Crippen LogP contribution is 2.66. The highest BCUT2D eigenvalue weighted by molar-refractivity contribution is 5.66. The minimum Gasteiger partial charge on any atom is -0.463 e. The average Bonchev–Trinajstić information content (AvgIpc) is 2.98. The lowest BCUT2D eigenvalue weighted by molar-refractivity contribution is -0.156. The highest BCUT2D eigenvalue weighted by atomic mass is 16.5. The van der Waals surface area contributed by atoms with Crippen molar-refractivity contribution in [2.75, 3.05) is 0 Å². The minimum absolute atomic E-state index is 0.0195. The van der Waals surface area contributed by atoms with Crippen LogP contribution >= 0.6 is 0 Å². The topological polar surface area (TPSA) is 52.6 Å². The largest absolute Gasteiger partial charge is 0.463 e. The first kappa shape index (κ1) is 20.9. The standard InChI is InChI=1S/C25H38O4/c1-15(28-16(2)26)21-8-9-22-20-7-6-18-14-19(29-17(3)27)10-12-24(18,4)23(20)11-13-25(21,22)5/h9,15,18-21,23H,6-8,10-14H2,1-5H3. The Morgan fingerprint density at radius 3 is 2.52 bits per heavy atom. The number of allylic oxidation sites excluding steroid dienone is 2. The van der Waals surface area contributed by atoms with Crippen molar-refractivity contribution in [1.82, 2.24) is 0 Å². The smallest absolute Gasteiger partial charge is 0.302 e. The molecule has 4 nitrogen and oxygen atoms in total. The third-order valence-electron chi connectivity index (χ3n) is 9.34. The van der Waals surface area contributed by atoms with E-state index in [2.05, 4.69) is 26.8 Å². The van der Waals surface area contributed by atoms with Crippen molar-refractivity contribution in [2.45, 2.75) is 98.2 Å². The first-order valence-corrected chi connectivity index (χ1v) is 11.7. The predicted octanol–water partition coefficient (Wildman–Crippen LogP) is 5.45. The van der Waals surface area contributed by atoms with Crippen LogP contribution in [0.4, 0.5) is 0 Å². The first-order valence-electron chi connectivity index (χ1n) is 11.7. The van der Waals surface area contributed by atoms with E-state index < -0.39 is 0 Å². The van der Waals surface area contributed by atoms with E-state index in [0.29, 0.717) is 23.2 Å². The Hall–Kier alpha value is -1.32. The number of ether oxygens (including phenoxy) is 2. The molecule has 0 aromatic carbocycles. The summed E-state index contributed by atoms with van der Waals surface area (Å²) in [5.74, 6) is 2.19. The van der Waals surface area contributed by atoms with Gasteiger partial charge in [0.25, 0.3) is 0 Å². The monoisotopic (exact) mass is 402 g/mol. The number of fused-ring (bicyclic) bond motifs is 5. The van der Waals surface area contributed by atoms with Crippen LogP contribution in [0.15, 0.2) is 11.6 Å². The third-order valence-corrected chi connectivity index (χ3v) is 9.34. The number of carbonyl (C=O) groups is 2. The molecular weight excluding hydrogens is 364 g/mol. The number of rotatable bonds is 3. The molecular formula is C25H38O4. The number of hydrogen-bond donors (Lipinski definition) is 0. The summed E-state index contributed by atoms with van der Waals surface area (Å²) in [5, 5.41) is 0. The third kappa shape index (κ3) is 3.45. The van der Waals surface area contributed by atoms with Crippen molar-refractivity contribution in [1.29, 1.82) is 0 Å². The van der Waals surface area contributed by atoms with E-state index in [0.717, 1.165) is 25.2 Å². The molecule has 0 aromatic heterocycles. The Labute approximate surface area is 175 Å². The molecule has 8 atom stereocenters. The molecule has 3 fully saturated rings. The summed E-state index contributed by atoms with van der Waals surface area (Å²) in [6.45, 7) is 10.1. The summed E-state index contributed by atoms with van der Waals surface area (Å²) in [6, 6.07) is 0. The molecule has 29 heavy (non-hydrogen) atoms. The van der Waals surface area contributed by atoms with Crippen LogP contribution < -0.4 is 0 Å². The molecule has 0 bridgehead atoms. The van der Waals surface area contributed by atoms with Crippen LogP contribution in [0.5, 0.6) is 0 Å². The second-order valence-corrected chi connectivity index (χ2v) is 10.8. The van der Waals surface area contributed by atoms with E-state index in [1.165, 1.54) is 46.0 Å². The van der Waals surface area contributed by atoms with Gasteiger partial charge in [-0.1, -0.05) is 25.5 Å². The molecule has 0 aliphatic heterocycles. The number of hydrogen-bond acceptors (Lipinski definition) is 4. The molecule has 8 unspecified atom stereocenters. The summed E-state index contributed by atoms with van der Waals surface area (Å²) < 4.78 is 11.2. The zero-order valence-corrected chi connectivity index (χ0v) is 18.8. The fourth-order valence-electron chi connectivity index (χ4n) is 7.98. The zero-order valence-electron chi connectivity index (χ0n) is 18.8. The molecule has 0 aromatic rings. The summed E-state index contributed by atoms with van der Waals surface area (Å²) in [6.07, 6.45) is 11.9. The van der Waals surface area contributed by atoms with E-state index in [1.807, 2.05) is 0 Å². The zero-order chi connectivity index (χ0) is 21.0. The Morgan fingerprint density at radius 1 is 1.07 bits per heavy atom. The lowest BCUT2D eigenvalue weighted by atomic mass is 9.46. The van der Waals surface area contributed by atoms with Crippen molar-refractivity contribution in [2.24, 2.45) is 34.5 Å². The van der Waals surface area contributed by atoms with Crippen LogP contribution in [-0.2, 0) is 19.1 Å². The fraction of sp³-hybridized carbons (Fsp3) is 0.840. The molecule has 0 radical (unpaired) electrons. The van der Waals surface area contributed by atoms with E-state index in [4.69, 9.17) is 9.47 Å². The van der Waals surface area contributed by atoms with Crippen molar-refractivity contribution < 1.29 is 19.1 Å². The maximum Gasteiger partial charge on any atom is 0.302 e. The molecule has 4 rings (SSSR count). The molecule has 4 heteroatoms. The summed E-state index contributed by atoms with van der Waals surface area (Å²) >= 11 is 0. The van der Waals surface area contributed by atoms with E-state index >= 15 is 0 Å². The van der Waals surface area contributed by atoms with Gasteiger partial charge in [0.2, 0.25) is 0 Å². The summed E-state index contributed by atoms with van der Waals surface area (Å²) in [5.41, 5.74) is 2.20.